The zero-order chi connectivity index (χ0) is 14.7. The lowest BCUT2D eigenvalue weighted by molar-refractivity contribution is 0.340. The van der Waals surface area contributed by atoms with Gasteiger partial charge in [0.25, 0.3) is 0 Å². The van der Waals surface area contributed by atoms with Crippen LogP contribution < -0.4 is 15.8 Å². The third kappa shape index (κ3) is 2.86. The van der Waals surface area contributed by atoms with Gasteiger partial charge in [-0.15, -0.1) is 0 Å². The third-order valence-corrected chi connectivity index (χ3v) is 3.07. The Kier molecular flexibility index (Phi) is 3.55. The number of aromatic nitrogens is 2. The standard InChI is InChI=1S/C16H16N4O/c1-2-21-13-5-3-4-12(9-13)20-16-14-7-6-11(17)8-15(14)18-10-19-16/h3-10H,2,17H2,1H3,(H,18,19,20). The molecule has 106 valence electrons. The van der Waals surface area contributed by atoms with Crippen LogP contribution in [0.2, 0.25) is 0 Å². The molecule has 3 aromatic rings. The van der Waals surface area contributed by atoms with Crippen LogP contribution in [-0.2, 0) is 0 Å². The minimum absolute atomic E-state index is 0.638. The molecule has 0 saturated carbocycles. The Morgan fingerprint density at radius 2 is 2.05 bits per heavy atom. The van der Waals surface area contributed by atoms with Gasteiger partial charge >= 0.3 is 0 Å². The number of nitrogens with one attached hydrogen (secondary N) is 1. The van der Waals surface area contributed by atoms with Crippen molar-refractivity contribution in [1.29, 1.82) is 0 Å². The van der Waals surface area contributed by atoms with Crippen LogP contribution in [0.4, 0.5) is 17.2 Å². The van der Waals surface area contributed by atoms with E-state index >= 15 is 0 Å². The summed E-state index contributed by atoms with van der Waals surface area (Å²) >= 11 is 0. The van der Waals surface area contributed by atoms with Gasteiger partial charge in [-0.2, -0.15) is 0 Å². The molecule has 3 rings (SSSR count). The lowest BCUT2D eigenvalue weighted by Crippen LogP contribution is -1.97. The summed E-state index contributed by atoms with van der Waals surface area (Å²) in [7, 11) is 0. The molecule has 5 nitrogen and oxygen atoms in total. The summed E-state index contributed by atoms with van der Waals surface area (Å²) in [6.45, 7) is 2.60. The highest BCUT2D eigenvalue weighted by Gasteiger charge is 2.05. The van der Waals surface area contributed by atoms with E-state index in [-0.39, 0.29) is 0 Å². The Bertz CT molecular complexity index is 773. The topological polar surface area (TPSA) is 73.1 Å². The van der Waals surface area contributed by atoms with Crippen molar-refractivity contribution in [3.05, 3.63) is 48.8 Å². The Labute approximate surface area is 122 Å². The van der Waals surface area contributed by atoms with Crippen molar-refractivity contribution < 1.29 is 4.74 Å². The average molecular weight is 280 g/mol. The van der Waals surface area contributed by atoms with Gasteiger partial charge in [-0.3, -0.25) is 0 Å². The number of ether oxygens (including phenoxy) is 1. The number of hydrogen-bond acceptors (Lipinski definition) is 5. The van der Waals surface area contributed by atoms with Crippen LogP contribution in [0.3, 0.4) is 0 Å². The van der Waals surface area contributed by atoms with Crippen LogP contribution in [0.5, 0.6) is 5.75 Å². The lowest BCUT2D eigenvalue weighted by Gasteiger charge is -2.10. The minimum Gasteiger partial charge on any atom is -0.494 e. The second-order valence-corrected chi connectivity index (χ2v) is 4.58. The van der Waals surface area contributed by atoms with E-state index in [1.54, 1.807) is 0 Å². The van der Waals surface area contributed by atoms with E-state index in [0.29, 0.717) is 12.3 Å². The zero-order valence-electron chi connectivity index (χ0n) is 11.7. The Hall–Kier alpha value is -2.82. The molecule has 1 heterocycles. The van der Waals surface area contributed by atoms with E-state index in [2.05, 4.69) is 15.3 Å². The fourth-order valence-corrected chi connectivity index (χ4v) is 2.14. The number of benzene rings is 2. The molecule has 0 unspecified atom stereocenters. The molecule has 0 bridgehead atoms. The highest BCUT2D eigenvalue weighted by molar-refractivity contribution is 5.92. The first-order valence-electron chi connectivity index (χ1n) is 6.76. The highest BCUT2D eigenvalue weighted by atomic mass is 16.5. The molecule has 0 atom stereocenters. The van der Waals surface area contributed by atoms with Crippen molar-refractivity contribution in [2.24, 2.45) is 0 Å². The van der Waals surface area contributed by atoms with Gasteiger partial charge in [0.2, 0.25) is 0 Å². The van der Waals surface area contributed by atoms with E-state index in [9.17, 15) is 0 Å². The first kappa shape index (κ1) is 13.2. The van der Waals surface area contributed by atoms with E-state index in [0.717, 1.165) is 28.2 Å². The predicted octanol–water partition coefficient (Wildman–Crippen LogP) is 3.35. The minimum atomic E-state index is 0.638. The van der Waals surface area contributed by atoms with Crippen LogP contribution in [0.25, 0.3) is 10.9 Å². The van der Waals surface area contributed by atoms with Gasteiger partial charge in [-0.1, -0.05) is 6.07 Å². The van der Waals surface area contributed by atoms with E-state index in [4.69, 9.17) is 10.5 Å². The van der Waals surface area contributed by atoms with Crippen molar-refractivity contribution >= 4 is 28.1 Å². The van der Waals surface area contributed by atoms with Gasteiger partial charge in [0, 0.05) is 22.8 Å². The Morgan fingerprint density at radius 1 is 1.14 bits per heavy atom. The summed E-state index contributed by atoms with van der Waals surface area (Å²) in [5, 5.41) is 4.22. The summed E-state index contributed by atoms with van der Waals surface area (Å²) in [4.78, 5) is 8.54. The number of nitrogens with two attached hydrogens (primary N) is 1. The first-order chi connectivity index (χ1) is 10.3. The summed E-state index contributed by atoms with van der Waals surface area (Å²) in [5.41, 5.74) is 8.20. The molecule has 2 aromatic carbocycles. The van der Waals surface area contributed by atoms with Gasteiger partial charge in [-0.05, 0) is 37.3 Å². The second-order valence-electron chi connectivity index (χ2n) is 4.58. The maximum Gasteiger partial charge on any atom is 0.141 e. The molecule has 0 radical (unpaired) electrons. The van der Waals surface area contributed by atoms with Crippen LogP contribution in [0.1, 0.15) is 6.92 Å². The van der Waals surface area contributed by atoms with E-state index in [1.807, 2.05) is 49.4 Å². The second kappa shape index (κ2) is 5.66. The lowest BCUT2D eigenvalue weighted by atomic mass is 10.2. The van der Waals surface area contributed by atoms with Gasteiger partial charge in [-0.25, -0.2) is 9.97 Å². The molecule has 0 saturated heterocycles. The molecule has 21 heavy (non-hydrogen) atoms. The number of hydrogen-bond donors (Lipinski definition) is 2. The van der Waals surface area contributed by atoms with Crippen molar-refractivity contribution in [3.8, 4) is 5.75 Å². The quantitative estimate of drug-likeness (QED) is 0.717. The molecule has 0 aliphatic heterocycles. The van der Waals surface area contributed by atoms with Crippen molar-refractivity contribution in [2.45, 2.75) is 6.92 Å². The largest absolute Gasteiger partial charge is 0.494 e. The fourth-order valence-electron chi connectivity index (χ4n) is 2.14. The molecule has 5 heteroatoms. The van der Waals surface area contributed by atoms with Crippen LogP contribution >= 0.6 is 0 Å². The van der Waals surface area contributed by atoms with Gasteiger partial charge in [0.1, 0.15) is 17.9 Å². The average Bonchev–Trinajstić information content (AvgIpc) is 2.48. The molecule has 0 aliphatic rings. The van der Waals surface area contributed by atoms with Gasteiger partial charge < -0.3 is 15.8 Å². The van der Waals surface area contributed by atoms with Crippen molar-refractivity contribution in [1.82, 2.24) is 9.97 Å². The monoisotopic (exact) mass is 280 g/mol. The number of anilines is 3. The number of fused-ring (bicyclic) bond motifs is 1. The molecule has 0 fully saturated rings. The van der Waals surface area contributed by atoms with Crippen LogP contribution in [0, 0.1) is 0 Å². The number of nitrogen functional groups attached to an aromatic ring is 1. The number of rotatable bonds is 4. The van der Waals surface area contributed by atoms with Crippen molar-refractivity contribution in [3.63, 3.8) is 0 Å². The molecule has 0 spiro atoms. The SMILES string of the molecule is CCOc1cccc(Nc2ncnc3cc(N)ccc23)c1. The maximum absolute atomic E-state index is 5.78. The van der Waals surface area contributed by atoms with Crippen LogP contribution in [0.15, 0.2) is 48.8 Å². The fraction of sp³-hybridized carbons (Fsp3) is 0.125. The number of nitrogens with zero attached hydrogens (tertiary/aromatic N) is 2. The summed E-state index contributed by atoms with van der Waals surface area (Å²) < 4.78 is 5.50. The molecule has 0 aliphatic carbocycles. The molecule has 0 amide bonds. The summed E-state index contributed by atoms with van der Waals surface area (Å²) in [6.07, 6.45) is 1.52. The van der Waals surface area contributed by atoms with Crippen LogP contribution in [-0.4, -0.2) is 16.6 Å². The molecule has 1 aromatic heterocycles. The molecular formula is C16H16N4O. The summed E-state index contributed by atoms with van der Waals surface area (Å²) in [6, 6.07) is 13.4. The predicted molar refractivity (Wildman–Crippen MR) is 84.8 cm³/mol. The zero-order valence-corrected chi connectivity index (χ0v) is 11.7. The highest BCUT2D eigenvalue weighted by Crippen LogP contribution is 2.26. The summed E-state index contributed by atoms with van der Waals surface area (Å²) in [5.74, 6) is 1.57. The maximum atomic E-state index is 5.78. The molecular weight excluding hydrogens is 264 g/mol. The third-order valence-electron chi connectivity index (χ3n) is 3.07. The molecule has 3 N–H and O–H groups in total. The Balaban J connectivity index is 1.96. The normalized spacial score (nSPS) is 10.5. The van der Waals surface area contributed by atoms with Gasteiger partial charge in [0.15, 0.2) is 0 Å². The first-order valence-corrected chi connectivity index (χ1v) is 6.76. The van der Waals surface area contributed by atoms with Crippen molar-refractivity contribution in [2.75, 3.05) is 17.7 Å². The van der Waals surface area contributed by atoms with E-state index in [1.165, 1.54) is 6.33 Å². The van der Waals surface area contributed by atoms with Gasteiger partial charge in [0.05, 0.1) is 12.1 Å². The van der Waals surface area contributed by atoms with E-state index < -0.39 is 0 Å². The smallest absolute Gasteiger partial charge is 0.141 e. The Morgan fingerprint density at radius 3 is 2.90 bits per heavy atom.